The molecule has 0 atom stereocenters. The number of hydrogen-bond donors (Lipinski definition) is 2. The van der Waals surface area contributed by atoms with E-state index in [2.05, 4.69) is 15.5 Å². The molecule has 0 radical (unpaired) electrons. The maximum atomic E-state index is 12.4. The van der Waals surface area contributed by atoms with Crippen molar-refractivity contribution in [2.45, 2.75) is 20.0 Å². The number of carbonyl (C=O) groups is 1. The van der Waals surface area contributed by atoms with Crippen molar-refractivity contribution in [3.8, 4) is 17.2 Å². The minimum Gasteiger partial charge on any atom is -0.489 e. The van der Waals surface area contributed by atoms with Crippen LogP contribution >= 0.6 is 0 Å². The molecule has 0 bridgehead atoms. The first-order chi connectivity index (χ1) is 11.1. The van der Waals surface area contributed by atoms with Gasteiger partial charge in [-0.3, -0.25) is 9.89 Å². The number of H-pyrrole nitrogens is 1. The molecule has 2 N–H and O–H groups in total. The predicted octanol–water partition coefficient (Wildman–Crippen LogP) is 3.71. The summed E-state index contributed by atoms with van der Waals surface area (Å²) in [6.45, 7) is 3.86. The third-order valence-electron chi connectivity index (χ3n) is 3.10. The highest BCUT2D eigenvalue weighted by molar-refractivity contribution is 6.04. The second kappa shape index (κ2) is 6.39. The van der Waals surface area contributed by atoms with Gasteiger partial charge in [0.1, 0.15) is 11.4 Å². The van der Waals surface area contributed by atoms with Crippen molar-refractivity contribution in [3.63, 3.8) is 0 Å². The number of carbonyl (C=O) groups excluding carboxylic acids is 1. The van der Waals surface area contributed by atoms with Crippen LogP contribution in [0.3, 0.4) is 0 Å². The van der Waals surface area contributed by atoms with Gasteiger partial charge in [0.05, 0.1) is 18.1 Å². The van der Waals surface area contributed by atoms with Crippen molar-refractivity contribution < 1.29 is 13.9 Å². The monoisotopic (exact) mass is 311 g/mol. The van der Waals surface area contributed by atoms with E-state index in [0.29, 0.717) is 22.9 Å². The Morgan fingerprint density at radius 1 is 1.26 bits per heavy atom. The highest BCUT2D eigenvalue weighted by Gasteiger charge is 2.15. The number of benzene rings is 1. The smallest absolute Gasteiger partial charge is 0.276 e. The van der Waals surface area contributed by atoms with Crippen molar-refractivity contribution in [2.75, 3.05) is 5.32 Å². The van der Waals surface area contributed by atoms with E-state index >= 15 is 0 Å². The SMILES string of the molecule is CC(C)Oc1ccccc1NC(=O)c1cc(-c2ccco2)[nH]n1. The first kappa shape index (κ1) is 14.9. The van der Waals surface area contributed by atoms with Crippen LogP contribution in [0.1, 0.15) is 24.3 Å². The maximum Gasteiger partial charge on any atom is 0.276 e. The number of rotatable bonds is 5. The summed E-state index contributed by atoms with van der Waals surface area (Å²) in [4.78, 5) is 12.4. The lowest BCUT2D eigenvalue weighted by atomic mass is 10.2. The van der Waals surface area contributed by atoms with Crippen molar-refractivity contribution in [2.24, 2.45) is 0 Å². The van der Waals surface area contributed by atoms with E-state index in [1.807, 2.05) is 32.0 Å². The molecule has 0 aliphatic heterocycles. The van der Waals surface area contributed by atoms with Gasteiger partial charge in [0.15, 0.2) is 11.5 Å². The number of anilines is 1. The third-order valence-corrected chi connectivity index (χ3v) is 3.10. The molecule has 23 heavy (non-hydrogen) atoms. The molecule has 0 aliphatic rings. The molecule has 118 valence electrons. The van der Waals surface area contributed by atoms with Crippen LogP contribution in [-0.2, 0) is 0 Å². The van der Waals surface area contributed by atoms with Crippen LogP contribution in [0.2, 0.25) is 0 Å². The summed E-state index contributed by atoms with van der Waals surface area (Å²) in [6, 6.07) is 12.5. The molecule has 1 amide bonds. The second-order valence-electron chi connectivity index (χ2n) is 5.26. The molecular formula is C17H17N3O3. The van der Waals surface area contributed by atoms with E-state index < -0.39 is 0 Å². The Morgan fingerprint density at radius 3 is 2.83 bits per heavy atom. The fourth-order valence-electron chi connectivity index (χ4n) is 2.11. The summed E-state index contributed by atoms with van der Waals surface area (Å²) < 4.78 is 11.0. The van der Waals surface area contributed by atoms with Crippen molar-refractivity contribution in [1.82, 2.24) is 10.2 Å². The van der Waals surface area contributed by atoms with Gasteiger partial charge in [-0.2, -0.15) is 5.10 Å². The topological polar surface area (TPSA) is 80.1 Å². The van der Waals surface area contributed by atoms with Gasteiger partial charge in [0.2, 0.25) is 0 Å². The summed E-state index contributed by atoms with van der Waals surface area (Å²) in [5, 5.41) is 9.62. The van der Waals surface area contributed by atoms with E-state index in [-0.39, 0.29) is 17.7 Å². The Hall–Kier alpha value is -3.02. The molecule has 0 unspecified atom stereocenters. The number of aromatic nitrogens is 2. The van der Waals surface area contributed by atoms with Crippen LogP contribution in [0.15, 0.2) is 53.1 Å². The van der Waals surface area contributed by atoms with E-state index in [0.717, 1.165) is 0 Å². The van der Waals surface area contributed by atoms with Gasteiger partial charge in [-0.1, -0.05) is 12.1 Å². The Labute approximate surface area is 133 Å². The summed E-state index contributed by atoms with van der Waals surface area (Å²) in [6.07, 6.45) is 1.58. The Bertz CT molecular complexity index is 791. The Morgan fingerprint density at radius 2 is 2.09 bits per heavy atom. The van der Waals surface area contributed by atoms with E-state index in [1.54, 1.807) is 30.5 Å². The summed E-state index contributed by atoms with van der Waals surface area (Å²) in [5.41, 5.74) is 1.52. The summed E-state index contributed by atoms with van der Waals surface area (Å²) >= 11 is 0. The predicted molar refractivity (Wildman–Crippen MR) is 86.4 cm³/mol. The quantitative estimate of drug-likeness (QED) is 0.752. The minimum atomic E-state index is -0.320. The van der Waals surface area contributed by atoms with Gasteiger partial charge in [0, 0.05) is 6.07 Å². The molecule has 2 aromatic heterocycles. The second-order valence-corrected chi connectivity index (χ2v) is 5.26. The molecule has 0 saturated heterocycles. The maximum absolute atomic E-state index is 12.4. The zero-order valence-electron chi connectivity index (χ0n) is 12.9. The summed E-state index contributed by atoms with van der Waals surface area (Å²) in [7, 11) is 0. The van der Waals surface area contributed by atoms with Gasteiger partial charge in [0.25, 0.3) is 5.91 Å². The Kier molecular flexibility index (Phi) is 4.14. The Balaban J connectivity index is 1.77. The van der Waals surface area contributed by atoms with Crippen LogP contribution in [0, 0.1) is 0 Å². The average Bonchev–Trinajstić information content (AvgIpc) is 3.19. The normalized spacial score (nSPS) is 10.7. The minimum absolute atomic E-state index is 0.0176. The van der Waals surface area contributed by atoms with Gasteiger partial charge in [-0.15, -0.1) is 0 Å². The number of ether oxygens (including phenoxy) is 1. The van der Waals surface area contributed by atoms with Crippen LogP contribution < -0.4 is 10.1 Å². The molecule has 3 rings (SSSR count). The highest BCUT2D eigenvalue weighted by atomic mass is 16.5. The average molecular weight is 311 g/mol. The molecule has 0 spiro atoms. The number of furan rings is 1. The van der Waals surface area contributed by atoms with Crippen LogP contribution in [0.5, 0.6) is 5.75 Å². The first-order valence-corrected chi connectivity index (χ1v) is 7.30. The number of para-hydroxylation sites is 2. The number of nitrogens with zero attached hydrogens (tertiary/aromatic N) is 1. The number of nitrogens with one attached hydrogen (secondary N) is 2. The molecule has 1 aromatic carbocycles. The number of aromatic amines is 1. The largest absolute Gasteiger partial charge is 0.489 e. The third kappa shape index (κ3) is 3.42. The lowest BCUT2D eigenvalue weighted by Gasteiger charge is -2.14. The molecule has 6 heteroatoms. The van der Waals surface area contributed by atoms with Gasteiger partial charge >= 0.3 is 0 Å². The van der Waals surface area contributed by atoms with Crippen molar-refractivity contribution >= 4 is 11.6 Å². The van der Waals surface area contributed by atoms with E-state index in [9.17, 15) is 4.79 Å². The molecule has 3 aromatic rings. The van der Waals surface area contributed by atoms with Gasteiger partial charge < -0.3 is 14.5 Å². The van der Waals surface area contributed by atoms with E-state index in [1.165, 1.54) is 0 Å². The summed E-state index contributed by atoms with van der Waals surface area (Å²) in [5.74, 6) is 0.927. The zero-order valence-corrected chi connectivity index (χ0v) is 12.9. The van der Waals surface area contributed by atoms with Gasteiger partial charge in [-0.25, -0.2) is 0 Å². The molecule has 0 saturated carbocycles. The first-order valence-electron chi connectivity index (χ1n) is 7.30. The number of hydrogen-bond acceptors (Lipinski definition) is 4. The highest BCUT2D eigenvalue weighted by Crippen LogP contribution is 2.25. The molecule has 2 heterocycles. The van der Waals surface area contributed by atoms with Crippen LogP contribution in [0.25, 0.3) is 11.5 Å². The molecule has 0 fully saturated rings. The van der Waals surface area contributed by atoms with Crippen molar-refractivity contribution in [3.05, 3.63) is 54.4 Å². The molecular weight excluding hydrogens is 294 g/mol. The van der Waals surface area contributed by atoms with Gasteiger partial charge in [-0.05, 0) is 38.1 Å². The fraction of sp³-hybridized carbons (Fsp3) is 0.176. The standard InChI is InChI=1S/C17H17N3O3/c1-11(2)23-16-7-4-3-6-12(16)18-17(21)14-10-13(19-20-14)15-8-5-9-22-15/h3-11H,1-2H3,(H,18,21)(H,19,20). The van der Waals surface area contributed by atoms with Crippen molar-refractivity contribution in [1.29, 1.82) is 0 Å². The van der Waals surface area contributed by atoms with Crippen LogP contribution in [-0.4, -0.2) is 22.2 Å². The fourth-order valence-corrected chi connectivity index (χ4v) is 2.11. The number of amides is 1. The molecule has 0 aliphatic carbocycles. The van der Waals surface area contributed by atoms with E-state index in [4.69, 9.17) is 9.15 Å². The lowest BCUT2D eigenvalue weighted by Crippen LogP contribution is -2.14. The van der Waals surface area contributed by atoms with Crippen LogP contribution in [0.4, 0.5) is 5.69 Å². The zero-order chi connectivity index (χ0) is 16.2. The lowest BCUT2D eigenvalue weighted by molar-refractivity contribution is 0.102. The molecule has 6 nitrogen and oxygen atoms in total.